The molecule has 0 radical (unpaired) electrons. The molecule has 1 fully saturated rings. The van der Waals surface area contributed by atoms with Crippen LogP contribution in [0.5, 0.6) is 0 Å². The van der Waals surface area contributed by atoms with Crippen molar-refractivity contribution < 1.29 is 13.6 Å². The number of amides is 1. The van der Waals surface area contributed by atoms with Crippen molar-refractivity contribution in [3.8, 4) is 22.5 Å². The monoisotopic (exact) mass is 527 g/mol. The molecule has 11 heteroatoms. The molecular formula is C27H19F2N7OS. The van der Waals surface area contributed by atoms with E-state index in [1.54, 1.807) is 23.6 Å². The normalized spacial score (nSPS) is 14.6. The van der Waals surface area contributed by atoms with E-state index in [1.807, 2.05) is 60.1 Å². The summed E-state index contributed by atoms with van der Waals surface area (Å²) in [7, 11) is 0. The van der Waals surface area contributed by atoms with E-state index in [1.165, 1.54) is 0 Å². The van der Waals surface area contributed by atoms with Crippen LogP contribution < -0.4 is 5.32 Å². The fourth-order valence-electron chi connectivity index (χ4n) is 4.58. The van der Waals surface area contributed by atoms with Crippen LogP contribution in [0.25, 0.3) is 43.6 Å². The van der Waals surface area contributed by atoms with Crippen molar-refractivity contribution in [2.75, 3.05) is 18.4 Å². The number of thiophene rings is 1. The summed E-state index contributed by atoms with van der Waals surface area (Å²) in [5.41, 5.74) is 5.51. The van der Waals surface area contributed by atoms with Crippen molar-refractivity contribution in [3.63, 3.8) is 0 Å². The number of halogens is 2. The van der Waals surface area contributed by atoms with Gasteiger partial charge in [0.25, 0.3) is 11.8 Å². The molecule has 0 unspecified atom stereocenters. The minimum Gasteiger partial charge on any atom is -0.351 e. The van der Waals surface area contributed by atoms with E-state index in [9.17, 15) is 13.6 Å². The lowest BCUT2D eigenvalue weighted by Crippen LogP contribution is -2.58. The number of aromatic nitrogens is 5. The van der Waals surface area contributed by atoms with Gasteiger partial charge in [-0.05, 0) is 41.3 Å². The molecule has 1 saturated heterocycles. The number of aromatic amines is 2. The van der Waals surface area contributed by atoms with Crippen LogP contribution in [0.15, 0.2) is 72.4 Å². The number of likely N-dealkylation sites (tertiary alicyclic amines) is 1. The highest BCUT2D eigenvalue weighted by Gasteiger charge is 2.46. The minimum atomic E-state index is -2.81. The third kappa shape index (κ3) is 3.97. The molecule has 2 aromatic carbocycles. The standard InChI is InChI=1S/C27H19F2N7OS/c28-27(29)13-36(14-27)26(37)22-9-16-1-2-17(10-21(16)33-22)24-34-20-7-8-38-23(20)25(35-24)32-19-5-3-15(4-6-19)18-11-30-31-12-18/h1-12,33H,13-14H2,(H,30,31)(H,32,34,35). The third-order valence-corrected chi connectivity index (χ3v) is 7.44. The van der Waals surface area contributed by atoms with Crippen molar-refractivity contribution >= 4 is 49.9 Å². The maximum absolute atomic E-state index is 13.2. The molecule has 0 atom stereocenters. The summed E-state index contributed by atoms with van der Waals surface area (Å²) in [5.74, 6) is -2.02. The largest absolute Gasteiger partial charge is 0.351 e. The number of hydrogen-bond donors (Lipinski definition) is 3. The summed E-state index contributed by atoms with van der Waals surface area (Å²) >= 11 is 1.56. The topological polar surface area (TPSA) is 103 Å². The molecule has 3 N–H and O–H groups in total. The van der Waals surface area contributed by atoms with Gasteiger partial charge in [0.2, 0.25) is 0 Å². The molecule has 0 bridgehead atoms. The van der Waals surface area contributed by atoms with Gasteiger partial charge in [0.05, 0.1) is 29.5 Å². The highest BCUT2D eigenvalue weighted by atomic mass is 32.1. The zero-order chi connectivity index (χ0) is 25.9. The Morgan fingerprint density at radius 3 is 2.58 bits per heavy atom. The Kier molecular flexibility index (Phi) is 5.02. The summed E-state index contributed by atoms with van der Waals surface area (Å²) in [5, 5.41) is 13.0. The number of hydrogen-bond acceptors (Lipinski definition) is 6. The molecule has 38 heavy (non-hydrogen) atoms. The summed E-state index contributed by atoms with van der Waals surface area (Å²) < 4.78 is 27.4. The summed E-state index contributed by atoms with van der Waals surface area (Å²) in [6.07, 6.45) is 3.62. The van der Waals surface area contributed by atoms with Gasteiger partial charge in [-0.25, -0.2) is 18.7 Å². The second-order valence-electron chi connectivity index (χ2n) is 9.22. The first-order chi connectivity index (χ1) is 18.4. The molecule has 8 nitrogen and oxygen atoms in total. The molecule has 0 aliphatic carbocycles. The van der Waals surface area contributed by atoms with Crippen LogP contribution in [0.3, 0.4) is 0 Å². The van der Waals surface area contributed by atoms with Crippen LogP contribution in [-0.2, 0) is 0 Å². The van der Waals surface area contributed by atoms with Crippen molar-refractivity contribution in [1.82, 2.24) is 30.0 Å². The Labute approximate surface area is 218 Å². The first-order valence-electron chi connectivity index (χ1n) is 11.8. The number of nitrogens with zero attached hydrogens (tertiary/aromatic N) is 4. The van der Waals surface area contributed by atoms with Gasteiger partial charge in [0.15, 0.2) is 11.6 Å². The van der Waals surface area contributed by atoms with E-state index in [4.69, 9.17) is 9.97 Å². The Balaban J connectivity index is 1.19. The number of anilines is 2. The molecule has 0 saturated carbocycles. The second-order valence-corrected chi connectivity index (χ2v) is 10.1. The fraction of sp³-hybridized carbons (Fsp3) is 0.111. The molecule has 6 aromatic rings. The highest BCUT2D eigenvalue weighted by molar-refractivity contribution is 7.17. The van der Waals surface area contributed by atoms with E-state index >= 15 is 0 Å². The zero-order valence-corrected chi connectivity index (χ0v) is 20.5. The third-order valence-electron chi connectivity index (χ3n) is 6.53. The number of alkyl halides is 2. The quantitative estimate of drug-likeness (QED) is 0.253. The summed E-state index contributed by atoms with van der Waals surface area (Å²) in [6.45, 7) is -1.11. The van der Waals surface area contributed by atoms with Gasteiger partial charge in [-0.3, -0.25) is 9.89 Å². The van der Waals surface area contributed by atoms with Gasteiger partial charge in [-0.1, -0.05) is 24.3 Å². The number of rotatable bonds is 5. The smallest absolute Gasteiger partial charge is 0.282 e. The van der Waals surface area contributed by atoms with Crippen LogP contribution in [0.2, 0.25) is 0 Å². The Hall–Kier alpha value is -4.64. The van der Waals surface area contributed by atoms with Gasteiger partial charge in [0, 0.05) is 33.9 Å². The molecule has 0 spiro atoms. The van der Waals surface area contributed by atoms with Crippen molar-refractivity contribution in [2.24, 2.45) is 0 Å². The molecular weight excluding hydrogens is 508 g/mol. The van der Waals surface area contributed by atoms with Crippen molar-refractivity contribution in [2.45, 2.75) is 5.92 Å². The molecule has 1 amide bonds. The van der Waals surface area contributed by atoms with E-state index < -0.39 is 24.9 Å². The zero-order valence-electron chi connectivity index (χ0n) is 19.7. The van der Waals surface area contributed by atoms with Crippen LogP contribution in [0.1, 0.15) is 10.5 Å². The molecule has 1 aliphatic rings. The fourth-order valence-corrected chi connectivity index (χ4v) is 5.35. The highest BCUT2D eigenvalue weighted by Crippen LogP contribution is 2.33. The van der Waals surface area contributed by atoms with Gasteiger partial charge in [-0.2, -0.15) is 5.10 Å². The molecule has 7 rings (SSSR count). The number of nitrogens with one attached hydrogen (secondary N) is 3. The minimum absolute atomic E-state index is 0.281. The lowest BCUT2D eigenvalue weighted by atomic mass is 10.1. The lowest BCUT2D eigenvalue weighted by molar-refractivity contribution is -0.113. The van der Waals surface area contributed by atoms with E-state index in [0.29, 0.717) is 17.2 Å². The van der Waals surface area contributed by atoms with Gasteiger partial charge in [0.1, 0.15) is 5.69 Å². The van der Waals surface area contributed by atoms with Crippen LogP contribution in [0, 0.1) is 0 Å². The van der Waals surface area contributed by atoms with Gasteiger partial charge >= 0.3 is 0 Å². The first-order valence-corrected chi connectivity index (χ1v) is 12.7. The Morgan fingerprint density at radius 2 is 1.82 bits per heavy atom. The van der Waals surface area contributed by atoms with E-state index in [0.717, 1.165) is 42.9 Å². The van der Waals surface area contributed by atoms with E-state index in [-0.39, 0.29) is 5.69 Å². The molecule has 1 aliphatic heterocycles. The Morgan fingerprint density at radius 1 is 1.00 bits per heavy atom. The first kappa shape index (κ1) is 22.5. The second kappa shape index (κ2) is 8.45. The SMILES string of the molecule is O=C(c1cc2ccc(-c3nc(Nc4ccc(-c5cn[nH]c5)cc4)c4sccc4n3)cc2[nH]1)N1CC(F)(F)C1. The predicted octanol–water partition coefficient (Wildman–Crippen LogP) is 6.06. The number of carbonyl (C=O) groups excluding carboxylic acids is 1. The Bertz CT molecular complexity index is 1800. The van der Waals surface area contributed by atoms with Crippen LogP contribution >= 0.6 is 11.3 Å². The predicted molar refractivity (Wildman–Crippen MR) is 143 cm³/mol. The summed E-state index contributed by atoms with van der Waals surface area (Å²) in [6, 6.07) is 17.3. The van der Waals surface area contributed by atoms with Crippen LogP contribution in [-0.4, -0.2) is 55.0 Å². The van der Waals surface area contributed by atoms with Gasteiger partial charge in [-0.15, -0.1) is 11.3 Å². The average molecular weight is 528 g/mol. The van der Waals surface area contributed by atoms with Crippen LogP contribution in [0.4, 0.5) is 20.3 Å². The number of H-pyrrole nitrogens is 2. The summed E-state index contributed by atoms with van der Waals surface area (Å²) in [4.78, 5) is 26.4. The van der Waals surface area contributed by atoms with Gasteiger partial charge < -0.3 is 15.2 Å². The maximum atomic E-state index is 13.2. The van der Waals surface area contributed by atoms with Crippen molar-refractivity contribution in [3.05, 3.63) is 78.1 Å². The lowest BCUT2D eigenvalue weighted by Gasteiger charge is -2.38. The van der Waals surface area contributed by atoms with E-state index in [2.05, 4.69) is 20.5 Å². The molecule has 4 aromatic heterocycles. The number of carbonyl (C=O) groups is 1. The maximum Gasteiger partial charge on any atom is 0.282 e. The number of benzene rings is 2. The average Bonchev–Trinajstić information content (AvgIpc) is 3.67. The molecule has 5 heterocycles. The van der Waals surface area contributed by atoms with Crippen molar-refractivity contribution in [1.29, 1.82) is 0 Å². The number of fused-ring (bicyclic) bond motifs is 2. The molecule has 188 valence electrons.